The number of carbonyl (C=O) groups excluding carboxylic acids is 1. The van der Waals surface area contributed by atoms with E-state index in [2.05, 4.69) is 15.4 Å². The molecule has 0 aliphatic carbocycles. The van der Waals surface area contributed by atoms with Crippen LogP contribution in [0.2, 0.25) is 5.15 Å². The fourth-order valence-electron chi connectivity index (χ4n) is 1.84. The molecule has 0 atom stereocenters. The van der Waals surface area contributed by atoms with Crippen molar-refractivity contribution in [3.8, 4) is 11.3 Å². The average molecular weight is 249 g/mol. The normalized spacial score (nSPS) is 14.3. The van der Waals surface area contributed by atoms with Gasteiger partial charge in [0.2, 0.25) is 0 Å². The Morgan fingerprint density at radius 1 is 1.41 bits per heavy atom. The van der Waals surface area contributed by atoms with Crippen molar-refractivity contribution in [2.24, 2.45) is 0 Å². The first-order chi connectivity index (χ1) is 8.24. The maximum atomic E-state index is 11.6. The summed E-state index contributed by atoms with van der Waals surface area (Å²) in [6.45, 7) is 1.31. The Balaban J connectivity index is 2.08. The average Bonchev–Trinajstić information content (AvgIpc) is 2.74. The molecule has 2 aromatic heterocycles. The van der Waals surface area contributed by atoms with Crippen LogP contribution in [0.4, 0.5) is 0 Å². The van der Waals surface area contributed by atoms with E-state index in [-0.39, 0.29) is 5.91 Å². The fourth-order valence-corrected chi connectivity index (χ4v) is 2.01. The molecule has 0 radical (unpaired) electrons. The van der Waals surface area contributed by atoms with Gasteiger partial charge in [0.15, 0.2) is 0 Å². The third-order valence-corrected chi connectivity index (χ3v) is 2.85. The molecule has 0 spiro atoms. The number of nitrogens with one attached hydrogen (secondary N) is 1. The second-order valence-electron chi connectivity index (χ2n) is 3.76. The second kappa shape index (κ2) is 3.85. The van der Waals surface area contributed by atoms with Crippen LogP contribution in [0.3, 0.4) is 0 Å². The maximum absolute atomic E-state index is 11.6. The van der Waals surface area contributed by atoms with E-state index in [9.17, 15) is 4.79 Å². The molecule has 0 bridgehead atoms. The molecule has 3 heterocycles. The number of carbonyl (C=O) groups is 1. The Bertz CT molecular complexity index is 593. The van der Waals surface area contributed by atoms with Gasteiger partial charge in [0.05, 0.1) is 12.2 Å². The molecule has 0 saturated carbocycles. The first kappa shape index (κ1) is 10.3. The molecule has 17 heavy (non-hydrogen) atoms. The highest BCUT2D eigenvalue weighted by molar-refractivity contribution is 6.29. The number of aromatic nitrogens is 3. The van der Waals surface area contributed by atoms with Crippen molar-refractivity contribution in [3.63, 3.8) is 0 Å². The van der Waals surface area contributed by atoms with Crippen molar-refractivity contribution in [2.75, 3.05) is 6.54 Å². The van der Waals surface area contributed by atoms with Crippen molar-refractivity contribution >= 4 is 17.5 Å². The molecule has 2 aromatic rings. The molecule has 0 unspecified atom stereocenters. The molecule has 86 valence electrons. The molecule has 0 fully saturated rings. The van der Waals surface area contributed by atoms with E-state index in [1.54, 1.807) is 23.0 Å². The van der Waals surface area contributed by atoms with E-state index in [4.69, 9.17) is 11.6 Å². The third-order valence-electron chi connectivity index (χ3n) is 2.64. The van der Waals surface area contributed by atoms with Crippen molar-refractivity contribution in [3.05, 3.63) is 35.2 Å². The topological polar surface area (TPSA) is 59.8 Å². The zero-order valence-corrected chi connectivity index (χ0v) is 9.61. The number of pyridine rings is 1. The van der Waals surface area contributed by atoms with Gasteiger partial charge in [-0.15, -0.1) is 0 Å². The first-order valence-corrected chi connectivity index (χ1v) is 5.60. The molecule has 1 N–H and O–H groups in total. The molecular weight excluding hydrogens is 240 g/mol. The second-order valence-corrected chi connectivity index (χ2v) is 4.15. The third kappa shape index (κ3) is 1.78. The monoisotopic (exact) mass is 248 g/mol. The quantitative estimate of drug-likeness (QED) is 0.775. The highest BCUT2D eigenvalue weighted by Gasteiger charge is 2.19. The zero-order valence-electron chi connectivity index (χ0n) is 8.85. The summed E-state index contributed by atoms with van der Waals surface area (Å²) >= 11 is 5.83. The van der Waals surface area contributed by atoms with Crippen LogP contribution in [0, 0.1) is 0 Å². The van der Waals surface area contributed by atoms with Crippen LogP contribution in [0.15, 0.2) is 24.4 Å². The van der Waals surface area contributed by atoms with Gasteiger partial charge in [-0.3, -0.25) is 9.48 Å². The lowest BCUT2D eigenvalue weighted by molar-refractivity contribution is 0.0924. The number of rotatable bonds is 1. The van der Waals surface area contributed by atoms with E-state index in [1.807, 2.05) is 6.07 Å². The van der Waals surface area contributed by atoms with Gasteiger partial charge in [0.25, 0.3) is 5.91 Å². The number of amides is 1. The summed E-state index contributed by atoms with van der Waals surface area (Å²) in [7, 11) is 0. The van der Waals surface area contributed by atoms with E-state index >= 15 is 0 Å². The molecule has 0 aromatic carbocycles. The minimum absolute atomic E-state index is 0.0878. The fraction of sp³-hybridized carbons (Fsp3) is 0.182. The van der Waals surface area contributed by atoms with Gasteiger partial charge < -0.3 is 5.32 Å². The Morgan fingerprint density at radius 3 is 3.06 bits per heavy atom. The summed E-state index contributed by atoms with van der Waals surface area (Å²) in [5, 5.41) is 7.57. The van der Waals surface area contributed by atoms with Crippen LogP contribution in [0.25, 0.3) is 11.3 Å². The van der Waals surface area contributed by atoms with Gasteiger partial charge >= 0.3 is 0 Å². The van der Waals surface area contributed by atoms with Gasteiger partial charge in [-0.1, -0.05) is 11.6 Å². The van der Waals surface area contributed by atoms with Gasteiger partial charge in [-0.05, 0) is 18.2 Å². The van der Waals surface area contributed by atoms with Crippen LogP contribution < -0.4 is 5.32 Å². The highest BCUT2D eigenvalue weighted by Crippen LogP contribution is 2.21. The van der Waals surface area contributed by atoms with E-state index in [0.717, 1.165) is 11.3 Å². The van der Waals surface area contributed by atoms with E-state index < -0.39 is 0 Å². The van der Waals surface area contributed by atoms with Gasteiger partial charge in [0, 0.05) is 18.3 Å². The van der Waals surface area contributed by atoms with Gasteiger partial charge in [0.1, 0.15) is 10.8 Å². The largest absolute Gasteiger partial charge is 0.349 e. The molecule has 1 amide bonds. The molecule has 6 heteroatoms. The molecule has 1 aliphatic rings. The summed E-state index contributed by atoms with van der Waals surface area (Å²) in [5.74, 6) is -0.0878. The Morgan fingerprint density at radius 2 is 2.29 bits per heavy atom. The predicted molar refractivity (Wildman–Crippen MR) is 62.8 cm³/mol. The zero-order chi connectivity index (χ0) is 11.8. The summed E-state index contributed by atoms with van der Waals surface area (Å²) in [4.78, 5) is 15.5. The highest BCUT2D eigenvalue weighted by atomic mass is 35.5. The van der Waals surface area contributed by atoms with Crippen molar-refractivity contribution in [2.45, 2.75) is 6.54 Å². The van der Waals surface area contributed by atoms with E-state index in [0.29, 0.717) is 23.9 Å². The standard InChI is InChI=1S/C11H9ClN4O/c12-10-5-7(1-2-13-10)8-6-9-11(17)14-3-4-16(9)15-8/h1-2,5-6H,3-4H2,(H,14,17). The van der Waals surface area contributed by atoms with Crippen molar-refractivity contribution in [1.29, 1.82) is 0 Å². The van der Waals surface area contributed by atoms with Crippen LogP contribution in [0.1, 0.15) is 10.5 Å². The SMILES string of the molecule is O=C1NCCn2nc(-c3ccnc(Cl)c3)cc21. The summed E-state index contributed by atoms with van der Waals surface area (Å²) in [5.41, 5.74) is 2.18. The number of hydrogen-bond acceptors (Lipinski definition) is 3. The summed E-state index contributed by atoms with van der Waals surface area (Å²) in [6, 6.07) is 5.31. The lowest BCUT2D eigenvalue weighted by Gasteiger charge is -2.13. The van der Waals surface area contributed by atoms with Crippen LogP contribution in [0.5, 0.6) is 0 Å². The van der Waals surface area contributed by atoms with Crippen LogP contribution >= 0.6 is 11.6 Å². The Labute approximate surface area is 102 Å². The Kier molecular flexibility index (Phi) is 2.33. The minimum atomic E-state index is -0.0878. The number of fused-ring (bicyclic) bond motifs is 1. The lowest BCUT2D eigenvalue weighted by Crippen LogP contribution is -2.35. The van der Waals surface area contributed by atoms with Crippen LogP contribution in [-0.4, -0.2) is 27.2 Å². The lowest BCUT2D eigenvalue weighted by atomic mass is 10.2. The number of hydrogen-bond donors (Lipinski definition) is 1. The number of halogens is 1. The minimum Gasteiger partial charge on any atom is -0.349 e. The first-order valence-electron chi connectivity index (χ1n) is 5.22. The summed E-state index contributed by atoms with van der Waals surface area (Å²) < 4.78 is 1.71. The molecule has 0 saturated heterocycles. The smallest absolute Gasteiger partial charge is 0.269 e. The number of nitrogens with zero attached hydrogens (tertiary/aromatic N) is 3. The van der Waals surface area contributed by atoms with Gasteiger partial charge in [-0.25, -0.2) is 4.98 Å². The van der Waals surface area contributed by atoms with Crippen molar-refractivity contribution in [1.82, 2.24) is 20.1 Å². The molecular formula is C11H9ClN4O. The van der Waals surface area contributed by atoms with E-state index in [1.165, 1.54) is 0 Å². The van der Waals surface area contributed by atoms with Crippen molar-refractivity contribution < 1.29 is 4.79 Å². The Hall–Kier alpha value is -1.88. The maximum Gasteiger partial charge on any atom is 0.269 e. The summed E-state index contributed by atoms with van der Waals surface area (Å²) in [6.07, 6.45) is 1.62. The molecule has 3 rings (SSSR count). The molecule has 1 aliphatic heterocycles. The van der Waals surface area contributed by atoms with Crippen LogP contribution in [-0.2, 0) is 6.54 Å². The predicted octanol–water partition coefficient (Wildman–Crippen LogP) is 1.34. The molecule has 5 nitrogen and oxygen atoms in total. The van der Waals surface area contributed by atoms with Gasteiger partial charge in [-0.2, -0.15) is 5.10 Å².